The standard InChI is InChI=1S/C23H25N7O4/c1-33-17-4-2-3-16(13-17)29-11-12-30(23(29)32)22-26-15-20(34-22)21(31)27-18-14-25-6-5-19(18)28-9-7-24-8-10-28/h2-6,13-15,24H,7-12H2,1H3,(H,27,31). The molecule has 11 heteroatoms. The summed E-state index contributed by atoms with van der Waals surface area (Å²) < 4.78 is 10.9. The fourth-order valence-electron chi connectivity index (χ4n) is 4.08. The smallest absolute Gasteiger partial charge is 0.332 e. The van der Waals surface area contributed by atoms with E-state index < -0.39 is 5.91 Å². The van der Waals surface area contributed by atoms with E-state index in [2.05, 4.69) is 25.5 Å². The molecule has 5 rings (SSSR count). The summed E-state index contributed by atoms with van der Waals surface area (Å²) in [7, 11) is 1.58. The normalized spacial score (nSPS) is 16.1. The highest BCUT2D eigenvalue weighted by molar-refractivity contribution is 6.06. The van der Waals surface area contributed by atoms with E-state index in [0.29, 0.717) is 30.2 Å². The van der Waals surface area contributed by atoms with Crippen LogP contribution in [0.25, 0.3) is 0 Å². The molecule has 0 bridgehead atoms. The van der Waals surface area contributed by atoms with Crippen LogP contribution in [0.2, 0.25) is 0 Å². The number of carbonyl (C=O) groups excluding carboxylic acids is 2. The van der Waals surface area contributed by atoms with Crippen LogP contribution in [0.5, 0.6) is 5.75 Å². The fourth-order valence-corrected chi connectivity index (χ4v) is 4.08. The van der Waals surface area contributed by atoms with Gasteiger partial charge in [0.05, 0.1) is 37.4 Å². The molecule has 0 atom stereocenters. The van der Waals surface area contributed by atoms with E-state index in [-0.39, 0.29) is 17.8 Å². The number of pyridine rings is 1. The molecule has 2 saturated heterocycles. The van der Waals surface area contributed by atoms with Crippen LogP contribution in [-0.2, 0) is 0 Å². The molecule has 0 radical (unpaired) electrons. The number of methoxy groups -OCH3 is 1. The number of nitrogens with one attached hydrogen (secondary N) is 2. The lowest BCUT2D eigenvalue weighted by molar-refractivity contribution is 0.0997. The highest BCUT2D eigenvalue weighted by Gasteiger charge is 2.34. The average Bonchev–Trinajstić information content (AvgIpc) is 3.52. The van der Waals surface area contributed by atoms with Crippen molar-refractivity contribution >= 4 is 35.0 Å². The number of hydrogen-bond donors (Lipinski definition) is 2. The number of amides is 3. The summed E-state index contributed by atoms with van der Waals surface area (Å²) in [5.41, 5.74) is 2.20. The van der Waals surface area contributed by atoms with Crippen LogP contribution in [0.4, 0.5) is 27.9 Å². The van der Waals surface area contributed by atoms with Gasteiger partial charge in [-0.3, -0.25) is 14.7 Å². The Morgan fingerprint density at radius 1 is 1.12 bits per heavy atom. The van der Waals surface area contributed by atoms with E-state index in [1.165, 1.54) is 11.1 Å². The third kappa shape index (κ3) is 4.25. The molecule has 2 aliphatic rings. The van der Waals surface area contributed by atoms with Crippen LogP contribution < -0.4 is 30.1 Å². The summed E-state index contributed by atoms with van der Waals surface area (Å²) in [5, 5.41) is 6.17. The molecule has 2 aromatic heterocycles. The lowest BCUT2D eigenvalue weighted by Gasteiger charge is -2.30. The Balaban J connectivity index is 1.29. The van der Waals surface area contributed by atoms with Crippen LogP contribution in [-0.4, -0.2) is 68.3 Å². The minimum atomic E-state index is -0.459. The van der Waals surface area contributed by atoms with E-state index in [4.69, 9.17) is 9.15 Å². The van der Waals surface area contributed by atoms with Gasteiger partial charge in [0, 0.05) is 50.7 Å². The van der Waals surface area contributed by atoms with Crippen molar-refractivity contribution in [1.29, 1.82) is 0 Å². The fraction of sp³-hybridized carbons (Fsp3) is 0.304. The monoisotopic (exact) mass is 463 g/mol. The number of aromatic nitrogens is 2. The summed E-state index contributed by atoms with van der Waals surface area (Å²) in [5.74, 6) is 0.214. The van der Waals surface area contributed by atoms with Crippen molar-refractivity contribution in [3.05, 3.63) is 54.7 Å². The van der Waals surface area contributed by atoms with Gasteiger partial charge >= 0.3 is 12.0 Å². The maximum absolute atomic E-state index is 13.0. The van der Waals surface area contributed by atoms with Gasteiger partial charge in [-0.25, -0.2) is 14.7 Å². The minimum absolute atomic E-state index is 0.0118. The lowest BCUT2D eigenvalue weighted by atomic mass is 10.2. The summed E-state index contributed by atoms with van der Waals surface area (Å²) >= 11 is 0. The molecule has 11 nitrogen and oxygen atoms in total. The Kier molecular flexibility index (Phi) is 6.00. The van der Waals surface area contributed by atoms with Gasteiger partial charge in [-0.2, -0.15) is 0 Å². The molecule has 34 heavy (non-hydrogen) atoms. The highest BCUT2D eigenvalue weighted by Crippen LogP contribution is 2.29. The summed E-state index contributed by atoms with van der Waals surface area (Å²) in [4.78, 5) is 39.4. The van der Waals surface area contributed by atoms with Gasteiger partial charge in [0.2, 0.25) is 5.76 Å². The van der Waals surface area contributed by atoms with Crippen LogP contribution >= 0.6 is 0 Å². The van der Waals surface area contributed by atoms with Crippen LogP contribution in [0.1, 0.15) is 10.6 Å². The Morgan fingerprint density at radius 3 is 2.76 bits per heavy atom. The molecule has 2 fully saturated rings. The van der Waals surface area contributed by atoms with Crippen molar-refractivity contribution in [2.24, 2.45) is 0 Å². The maximum atomic E-state index is 13.0. The number of benzene rings is 1. The first-order chi connectivity index (χ1) is 16.6. The number of anilines is 4. The number of carbonyl (C=O) groups is 2. The molecule has 0 unspecified atom stereocenters. The quantitative estimate of drug-likeness (QED) is 0.572. The van der Waals surface area contributed by atoms with E-state index in [0.717, 1.165) is 31.9 Å². The third-order valence-electron chi connectivity index (χ3n) is 5.83. The predicted octanol–water partition coefficient (Wildman–Crippen LogP) is 2.19. The van der Waals surface area contributed by atoms with Gasteiger partial charge in [-0.1, -0.05) is 6.07 Å². The Bertz CT molecular complexity index is 1190. The first-order valence-electron chi connectivity index (χ1n) is 11.0. The molecule has 176 valence electrons. The number of rotatable bonds is 6. The van der Waals surface area contributed by atoms with Gasteiger partial charge in [-0.15, -0.1) is 0 Å². The molecule has 2 aliphatic heterocycles. The molecular weight excluding hydrogens is 438 g/mol. The van der Waals surface area contributed by atoms with Crippen LogP contribution in [0, 0.1) is 0 Å². The summed E-state index contributed by atoms with van der Waals surface area (Å²) in [6.45, 7) is 4.25. The maximum Gasteiger partial charge on any atom is 0.332 e. The average molecular weight is 463 g/mol. The molecule has 0 saturated carbocycles. The van der Waals surface area contributed by atoms with E-state index in [9.17, 15) is 9.59 Å². The topological polar surface area (TPSA) is 116 Å². The molecule has 0 spiro atoms. The van der Waals surface area contributed by atoms with Crippen LogP contribution in [0.3, 0.4) is 0 Å². The van der Waals surface area contributed by atoms with Crippen molar-refractivity contribution in [1.82, 2.24) is 15.3 Å². The van der Waals surface area contributed by atoms with Gasteiger partial charge in [0.1, 0.15) is 5.75 Å². The third-order valence-corrected chi connectivity index (χ3v) is 5.83. The Hall–Kier alpha value is -4.12. The molecule has 3 amide bonds. The lowest BCUT2D eigenvalue weighted by Crippen LogP contribution is -2.43. The number of urea groups is 1. The van der Waals surface area contributed by atoms with Crippen molar-refractivity contribution in [3.63, 3.8) is 0 Å². The van der Waals surface area contributed by atoms with Crippen molar-refractivity contribution in [2.45, 2.75) is 0 Å². The predicted molar refractivity (Wildman–Crippen MR) is 127 cm³/mol. The molecule has 2 N–H and O–H groups in total. The number of oxazole rings is 1. The highest BCUT2D eigenvalue weighted by atomic mass is 16.5. The molecule has 3 aromatic rings. The molecule has 0 aliphatic carbocycles. The van der Waals surface area contributed by atoms with Crippen molar-refractivity contribution in [3.8, 4) is 5.75 Å². The van der Waals surface area contributed by atoms with Crippen LogP contribution in [0.15, 0.2) is 53.3 Å². The van der Waals surface area contributed by atoms with E-state index in [1.54, 1.807) is 30.5 Å². The summed E-state index contributed by atoms with van der Waals surface area (Å²) in [6.07, 6.45) is 4.64. The largest absolute Gasteiger partial charge is 0.497 e. The van der Waals surface area contributed by atoms with Gasteiger partial charge in [0.25, 0.3) is 5.91 Å². The second-order valence-electron chi connectivity index (χ2n) is 7.88. The Morgan fingerprint density at radius 2 is 1.94 bits per heavy atom. The van der Waals surface area contributed by atoms with Gasteiger partial charge in [0.15, 0.2) is 0 Å². The number of nitrogens with zero attached hydrogens (tertiary/aromatic N) is 5. The molecule has 4 heterocycles. The number of hydrogen-bond acceptors (Lipinski definition) is 8. The zero-order valence-electron chi connectivity index (χ0n) is 18.7. The van der Waals surface area contributed by atoms with Gasteiger partial charge < -0.3 is 24.7 Å². The zero-order valence-corrected chi connectivity index (χ0v) is 18.7. The van der Waals surface area contributed by atoms with Gasteiger partial charge in [-0.05, 0) is 18.2 Å². The van der Waals surface area contributed by atoms with E-state index in [1.807, 2.05) is 24.3 Å². The second-order valence-corrected chi connectivity index (χ2v) is 7.88. The molecular formula is C23H25N7O4. The van der Waals surface area contributed by atoms with Crippen molar-refractivity contribution < 1.29 is 18.7 Å². The molecule has 1 aromatic carbocycles. The first-order valence-corrected chi connectivity index (χ1v) is 11.0. The minimum Gasteiger partial charge on any atom is -0.497 e. The number of ether oxygens (including phenoxy) is 1. The Labute approximate surface area is 196 Å². The van der Waals surface area contributed by atoms with E-state index >= 15 is 0 Å². The van der Waals surface area contributed by atoms with Crippen molar-refractivity contribution in [2.75, 3.05) is 66.4 Å². The number of piperazine rings is 1. The first kappa shape index (κ1) is 21.7. The second kappa shape index (κ2) is 9.40. The zero-order chi connectivity index (χ0) is 23.5. The summed E-state index contributed by atoms with van der Waals surface area (Å²) in [6, 6.07) is 8.94. The SMILES string of the molecule is COc1cccc(N2CCN(c3ncc(C(=O)Nc4cnccc4N4CCNCC4)o3)C2=O)c1.